The van der Waals surface area contributed by atoms with E-state index in [2.05, 4.69) is 5.16 Å². The number of fused-ring (bicyclic) bond motifs is 3. The zero-order valence-corrected chi connectivity index (χ0v) is 41.2. The Morgan fingerprint density at radius 2 is 1.64 bits per heavy atom. The molecule has 2 saturated heterocycles. The van der Waals surface area contributed by atoms with Crippen LogP contribution < -0.4 is 5.73 Å². The Hall–Kier alpha value is -3.57. The van der Waals surface area contributed by atoms with Crippen molar-refractivity contribution in [3.05, 3.63) is 47.6 Å². The largest absolute Gasteiger partial charge is 0.460 e. The lowest BCUT2D eigenvalue weighted by Crippen LogP contribution is -2.61. The van der Waals surface area contributed by atoms with E-state index in [-0.39, 0.29) is 60.8 Å². The maximum atomic E-state index is 14.5. The summed E-state index contributed by atoms with van der Waals surface area (Å²) >= 11 is 0. The fourth-order valence-electron chi connectivity index (χ4n) is 10.3. The summed E-state index contributed by atoms with van der Waals surface area (Å²) in [5.41, 5.74) is 7.94. The van der Waals surface area contributed by atoms with Gasteiger partial charge in [0.2, 0.25) is 5.79 Å². The Morgan fingerprint density at radius 1 is 0.909 bits per heavy atom. The number of carbonyl (C=O) groups is 4. The lowest BCUT2D eigenvalue weighted by atomic mass is 9.78. The molecule has 4 aliphatic rings. The van der Waals surface area contributed by atoms with Crippen molar-refractivity contribution in [2.75, 3.05) is 27.9 Å². The van der Waals surface area contributed by atoms with Gasteiger partial charge in [0.05, 0.1) is 24.0 Å². The molecule has 0 radical (unpaired) electrons. The van der Waals surface area contributed by atoms with E-state index in [1.807, 2.05) is 58.1 Å². The second kappa shape index (κ2) is 25.7. The van der Waals surface area contributed by atoms with Crippen LogP contribution in [-0.4, -0.2) is 132 Å². The summed E-state index contributed by atoms with van der Waals surface area (Å²) in [6.07, 6.45) is 13.1. The van der Waals surface area contributed by atoms with Crippen LogP contribution in [0.1, 0.15) is 126 Å². The molecule has 1 amide bonds. The third-order valence-corrected chi connectivity index (χ3v) is 14.7. The van der Waals surface area contributed by atoms with Crippen LogP contribution in [0.5, 0.6) is 0 Å². The van der Waals surface area contributed by atoms with Gasteiger partial charge in [-0.05, 0) is 107 Å². The first kappa shape index (κ1) is 55.0. The zero-order chi connectivity index (χ0) is 48.9. The van der Waals surface area contributed by atoms with Gasteiger partial charge in [-0.25, -0.2) is 4.79 Å². The molecule has 372 valence electrons. The van der Waals surface area contributed by atoms with Gasteiger partial charge in [0.25, 0.3) is 11.7 Å². The molecule has 4 rings (SSSR count). The minimum atomic E-state index is -2.42. The highest BCUT2D eigenvalue weighted by atomic mass is 16.6. The summed E-state index contributed by atoms with van der Waals surface area (Å²) in [5.74, 6) is -7.24. The number of aliphatic hydroxyl groups is 2. The minimum absolute atomic E-state index is 0.0118. The van der Waals surface area contributed by atoms with Crippen LogP contribution >= 0.6 is 0 Å². The van der Waals surface area contributed by atoms with E-state index in [0.717, 1.165) is 24.8 Å². The Bertz CT molecular complexity index is 1790. The average Bonchev–Trinajstić information content (AvgIpc) is 3.30. The second-order valence-corrected chi connectivity index (χ2v) is 19.8. The van der Waals surface area contributed by atoms with Gasteiger partial charge in [-0.15, -0.1) is 0 Å². The van der Waals surface area contributed by atoms with E-state index in [1.165, 1.54) is 12.0 Å². The summed E-state index contributed by atoms with van der Waals surface area (Å²) in [7, 11) is 4.63. The quantitative estimate of drug-likeness (QED) is 0.0746. The van der Waals surface area contributed by atoms with Crippen LogP contribution in [0, 0.1) is 35.5 Å². The molecule has 3 heterocycles. The highest BCUT2D eigenvalue weighted by Crippen LogP contribution is 2.38. The van der Waals surface area contributed by atoms with Crippen molar-refractivity contribution in [2.24, 2.45) is 46.4 Å². The summed E-state index contributed by atoms with van der Waals surface area (Å²) in [5, 5.41) is 37.7. The monoisotopic (exact) mass is 928 g/mol. The van der Waals surface area contributed by atoms with Crippen molar-refractivity contribution < 1.29 is 58.3 Å². The lowest BCUT2D eigenvalue weighted by Gasteiger charge is -2.42. The van der Waals surface area contributed by atoms with Gasteiger partial charge in [-0.1, -0.05) is 76.2 Å². The number of rotatable bonds is 6. The smallest absolute Gasteiger partial charge is 0.329 e. The Kier molecular flexibility index (Phi) is 21.4. The van der Waals surface area contributed by atoms with E-state index >= 15 is 0 Å². The van der Waals surface area contributed by atoms with Crippen molar-refractivity contribution in [1.82, 2.24) is 4.90 Å². The highest BCUT2D eigenvalue weighted by molar-refractivity contribution is 6.39. The van der Waals surface area contributed by atoms with Crippen LogP contribution in [0.25, 0.3) is 0 Å². The predicted octanol–water partition coefficient (Wildman–Crippen LogP) is 6.41. The van der Waals surface area contributed by atoms with Crippen LogP contribution in [0.2, 0.25) is 0 Å². The topological polar surface area (TPSA) is 217 Å². The first-order valence-corrected chi connectivity index (χ1v) is 24.2. The number of Topliss-reactive ketones (excluding diaryl/α,β-unsaturated/α-hetero) is 2. The van der Waals surface area contributed by atoms with Gasteiger partial charge in [-0.2, -0.15) is 0 Å². The van der Waals surface area contributed by atoms with Gasteiger partial charge < -0.3 is 49.7 Å². The first-order valence-electron chi connectivity index (χ1n) is 24.2. The number of nitrogens with two attached hydrogens (primary N) is 1. The number of methoxy groups -OCH3 is 3. The Labute approximate surface area is 393 Å². The number of ketones is 2. The molecular weight excluding hydrogens is 847 g/mol. The van der Waals surface area contributed by atoms with E-state index < -0.39 is 77.8 Å². The zero-order valence-electron chi connectivity index (χ0n) is 41.2. The Balaban J connectivity index is 1.73. The number of aliphatic hydroxyl groups excluding tert-OH is 1. The third kappa shape index (κ3) is 14.2. The van der Waals surface area contributed by atoms with Gasteiger partial charge >= 0.3 is 5.97 Å². The van der Waals surface area contributed by atoms with E-state index in [0.29, 0.717) is 50.5 Å². The fourth-order valence-corrected chi connectivity index (χ4v) is 10.3. The van der Waals surface area contributed by atoms with Crippen LogP contribution in [0.15, 0.2) is 52.8 Å². The average molecular weight is 928 g/mol. The summed E-state index contributed by atoms with van der Waals surface area (Å²) < 4.78 is 29.7. The molecule has 5 N–H and O–H groups in total. The van der Waals surface area contributed by atoms with Crippen molar-refractivity contribution in [3.63, 3.8) is 0 Å². The number of hydrogen-bond donors (Lipinski definition) is 4. The summed E-state index contributed by atoms with van der Waals surface area (Å²) in [6, 6.07) is -1.20. The number of nitrogens with zero attached hydrogens (tertiary/aromatic N) is 2. The molecule has 1 saturated carbocycles. The SMILES string of the molecule is CO[C@H]1C[C@@H]2CC[C@@H](C)[C@@](O)(O2)C(=O)C(=O)N2CCCC[C@H]2C(=O)O[C@H]([C@H](C)C[C@@H]2CC[C@H](N)[C@H](OC)C2)C/C(=N/O)[C@H](C)/C=C(\C)[C@@H](O)[C@@H](OC)C(=O)[C@H](C)C[C@H](C)/C=C/C=CC=C1C. The summed E-state index contributed by atoms with van der Waals surface area (Å²) in [4.78, 5) is 58.0. The molecule has 15 heteroatoms. The fraction of sp³-hybridized carbons (Fsp3) is 0.745. The molecule has 1 aliphatic carbocycles. The maximum Gasteiger partial charge on any atom is 0.329 e. The van der Waals surface area contributed by atoms with Crippen molar-refractivity contribution in [3.8, 4) is 0 Å². The molecule has 0 unspecified atom stereocenters. The number of allylic oxidation sites excluding steroid dienone is 6. The molecule has 3 fully saturated rings. The van der Waals surface area contributed by atoms with Gasteiger partial charge in [0.15, 0.2) is 5.78 Å². The Morgan fingerprint density at radius 3 is 2.30 bits per heavy atom. The molecule has 0 aromatic heterocycles. The highest BCUT2D eigenvalue weighted by Gasteiger charge is 2.53. The number of hydrogen-bond acceptors (Lipinski definition) is 14. The number of oxime groups is 1. The van der Waals surface area contributed by atoms with Crippen molar-refractivity contribution in [2.45, 2.75) is 180 Å². The van der Waals surface area contributed by atoms with Crippen molar-refractivity contribution >= 4 is 29.2 Å². The van der Waals surface area contributed by atoms with Crippen LogP contribution in [0.4, 0.5) is 0 Å². The van der Waals surface area contributed by atoms with E-state index in [9.17, 15) is 34.6 Å². The van der Waals surface area contributed by atoms with Gasteiger partial charge in [0, 0.05) is 64.5 Å². The molecule has 2 bridgehead atoms. The number of esters is 1. The predicted molar refractivity (Wildman–Crippen MR) is 251 cm³/mol. The molecular formula is C51H81N3O12. The summed E-state index contributed by atoms with van der Waals surface area (Å²) in [6.45, 7) is 13.0. The molecule has 0 spiro atoms. The van der Waals surface area contributed by atoms with E-state index in [4.69, 9.17) is 29.4 Å². The molecule has 0 aromatic rings. The van der Waals surface area contributed by atoms with Crippen LogP contribution in [0.3, 0.4) is 0 Å². The molecule has 15 nitrogen and oxygen atoms in total. The third-order valence-electron chi connectivity index (χ3n) is 14.7. The standard InChI is InChI=1S/C51H81N3O12/c1-30-16-12-11-13-17-31(2)42(62-8)28-38-21-19-36(7)51(60,66-38)48(57)49(58)54-23-15-14-18-41(54)50(59)65-43(33(4)26-37-20-22-39(52)44(27-37)63-9)29-40(53-61)32(3)25-35(6)46(56)47(64-10)45(55)34(5)24-30/h11-13,16-17,25,30,32-34,36-39,41-44,46-47,56,60-61H,14-15,18-24,26-29,52H2,1-10H3/b13-11?,16-12+,31-17?,35-25+,53-40-/t30-,32-,33-,34-,36-,37+,38+,39+,41+,42+,43+,44-,46-,47+,51-/m1/s1. The number of carbonyl (C=O) groups excluding carboxylic acids is 4. The molecule has 3 aliphatic heterocycles. The van der Waals surface area contributed by atoms with E-state index in [1.54, 1.807) is 41.1 Å². The number of ether oxygens (including phenoxy) is 5. The van der Waals surface area contributed by atoms with Gasteiger partial charge in [0.1, 0.15) is 24.4 Å². The van der Waals surface area contributed by atoms with Crippen molar-refractivity contribution in [1.29, 1.82) is 0 Å². The molecule has 0 aromatic carbocycles. The first-order chi connectivity index (χ1) is 31.3. The second-order valence-electron chi connectivity index (χ2n) is 19.8. The maximum absolute atomic E-state index is 14.5. The minimum Gasteiger partial charge on any atom is -0.460 e. The lowest BCUT2D eigenvalue weighted by molar-refractivity contribution is -0.265. The molecule has 66 heavy (non-hydrogen) atoms. The molecule has 15 atom stereocenters. The van der Waals surface area contributed by atoms with Crippen LogP contribution in [-0.2, 0) is 42.9 Å². The number of piperidine rings is 1. The number of cyclic esters (lactones) is 1. The van der Waals surface area contributed by atoms with Gasteiger partial charge in [-0.3, -0.25) is 14.4 Å². The number of amides is 1. The normalized spacial score (nSPS) is 39.3.